The fourth-order valence-electron chi connectivity index (χ4n) is 5.12. The Kier molecular flexibility index (Phi) is 5.92. The summed E-state index contributed by atoms with van der Waals surface area (Å²) in [6.07, 6.45) is 7.97. The van der Waals surface area contributed by atoms with Gasteiger partial charge in [-0.05, 0) is 49.6 Å². The van der Waals surface area contributed by atoms with E-state index in [4.69, 9.17) is 0 Å². The fourth-order valence-corrected chi connectivity index (χ4v) is 6.42. The number of anilines is 2. The molecule has 12 heteroatoms. The number of nitrogens with zero attached hydrogens (tertiary/aromatic N) is 6. The van der Waals surface area contributed by atoms with Crippen molar-refractivity contribution in [1.82, 2.24) is 29.5 Å². The second kappa shape index (κ2) is 9.27. The SMILES string of the molecule is Cn1cc(-c2cc3c(N4CCC(NS(=O)(=O)c5ccc(N6CCCC6=O)cc5)CC4)ncnc3[nH]2)cn1. The predicted molar refractivity (Wildman–Crippen MR) is 140 cm³/mol. The van der Waals surface area contributed by atoms with Crippen molar-refractivity contribution in [2.24, 2.45) is 7.05 Å². The number of nitrogens with one attached hydrogen (secondary N) is 2. The molecule has 2 N–H and O–H groups in total. The van der Waals surface area contributed by atoms with Crippen LogP contribution in [0.4, 0.5) is 11.5 Å². The van der Waals surface area contributed by atoms with Gasteiger partial charge in [-0.3, -0.25) is 9.48 Å². The van der Waals surface area contributed by atoms with Crippen LogP contribution in [-0.4, -0.2) is 64.7 Å². The highest BCUT2D eigenvalue weighted by Crippen LogP contribution is 2.30. The van der Waals surface area contributed by atoms with Crippen LogP contribution in [0.3, 0.4) is 0 Å². The molecule has 6 rings (SSSR count). The largest absolute Gasteiger partial charge is 0.356 e. The summed E-state index contributed by atoms with van der Waals surface area (Å²) in [7, 11) is -1.79. The molecule has 0 unspecified atom stereocenters. The van der Waals surface area contributed by atoms with Gasteiger partial charge < -0.3 is 14.8 Å². The summed E-state index contributed by atoms with van der Waals surface area (Å²) in [5.74, 6) is 0.916. The summed E-state index contributed by atoms with van der Waals surface area (Å²) in [5, 5.41) is 5.17. The van der Waals surface area contributed by atoms with E-state index in [1.807, 2.05) is 19.3 Å². The molecule has 1 amide bonds. The van der Waals surface area contributed by atoms with Crippen molar-refractivity contribution in [3.8, 4) is 11.3 Å². The summed E-state index contributed by atoms with van der Waals surface area (Å²) >= 11 is 0. The Balaban J connectivity index is 1.12. The molecular formula is C25H28N8O3S. The van der Waals surface area contributed by atoms with Crippen LogP contribution in [0.15, 0.2) is 53.9 Å². The lowest BCUT2D eigenvalue weighted by Crippen LogP contribution is -2.44. The van der Waals surface area contributed by atoms with E-state index >= 15 is 0 Å². The number of sulfonamides is 1. The quantitative estimate of drug-likeness (QED) is 0.399. The second-order valence-electron chi connectivity index (χ2n) is 9.57. The Morgan fingerprint density at radius 2 is 1.86 bits per heavy atom. The zero-order valence-electron chi connectivity index (χ0n) is 20.5. The molecule has 11 nitrogen and oxygen atoms in total. The first-order valence-electron chi connectivity index (χ1n) is 12.4. The molecule has 5 heterocycles. The van der Waals surface area contributed by atoms with E-state index in [1.165, 1.54) is 0 Å². The molecule has 0 bridgehead atoms. The average Bonchev–Trinajstić information content (AvgIpc) is 3.63. The van der Waals surface area contributed by atoms with E-state index in [0.717, 1.165) is 40.2 Å². The minimum absolute atomic E-state index is 0.0781. The number of rotatable bonds is 6. The lowest BCUT2D eigenvalue weighted by Gasteiger charge is -2.33. The number of aromatic amines is 1. The van der Waals surface area contributed by atoms with E-state index in [2.05, 4.69) is 29.7 Å². The van der Waals surface area contributed by atoms with Crippen LogP contribution in [0, 0.1) is 0 Å². The summed E-state index contributed by atoms with van der Waals surface area (Å²) in [6, 6.07) is 8.42. The molecule has 0 atom stereocenters. The molecule has 0 aliphatic carbocycles. The highest BCUT2D eigenvalue weighted by molar-refractivity contribution is 7.89. The fraction of sp³-hybridized carbons (Fsp3) is 0.360. The zero-order chi connectivity index (χ0) is 25.6. The lowest BCUT2D eigenvalue weighted by molar-refractivity contribution is -0.117. The highest BCUT2D eigenvalue weighted by Gasteiger charge is 2.27. The Bertz CT molecular complexity index is 1550. The Labute approximate surface area is 214 Å². The smallest absolute Gasteiger partial charge is 0.240 e. The number of hydrogen-bond acceptors (Lipinski definition) is 7. The van der Waals surface area contributed by atoms with Crippen molar-refractivity contribution in [3.05, 3.63) is 49.1 Å². The normalized spacial score (nSPS) is 17.3. The Morgan fingerprint density at radius 3 is 2.54 bits per heavy atom. The van der Waals surface area contributed by atoms with E-state index in [0.29, 0.717) is 38.9 Å². The number of amides is 1. The first-order chi connectivity index (χ1) is 17.9. The highest BCUT2D eigenvalue weighted by atomic mass is 32.2. The predicted octanol–water partition coefficient (Wildman–Crippen LogP) is 2.43. The average molecular weight is 521 g/mol. The van der Waals surface area contributed by atoms with Gasteiger partial charge in [0, 0.05) is 56.6 Å². The van der Waals surface area contributed by atoms with Crippen LogP contribution in [0.2, 0.25) is 0 Å². The van der Waals surface area contributed by atoms with Crippen molar-refractivity contribution < 1.29 is 13.2 Å². The van der Waals surface area contributed by atoms with E-state index < -0.39 is 10.0 Å². The van der Waals surface area contributed by atoms with Gasteiger partial charge in [0.15, 0.2) is 0 Å². The molecule has 2 aliphatic rings. The number of aromatic nitrogens is 5. The van der Waals surface area contributed by atoms with E-state index in [1.54, 1.807) is 46.4 Å². The third-order valence-electron chi connectivity index (χ3n) is 7.07. The monoisotopic (exact) mass is 520 g/mol. The summed E-state index contributed by atoms with van der Waals surface area (Å²) in [4.78, 5) is 28.3. The van der Waals surface area contributed by atoms with Crippen molar-refractivity contribution in [2.45, 2.75) is 36.6 Å². The maximum atomic E-state index is 13.0. The molecule has 0 saturated carbocycles. The Hall–Kier alpha value is -3.77. The molecule has 1 aromatic carbocycles. The molecule has 3 aromatic heterocycles. The minimum Gasteiger partial charge on any atom is -0.356 e. The van der Waals surface area contributed by atoms with Crippen molar-refractivity contribution in [2.75, 3.05) is 29.4 Å². The second-order valence-corrected chi connectivity index (χ2v) is 11.3. The number of carbonyl (C=O) groups is 1. The number of hydrogen-bond donors (Lipinski definition) is 2. The zero-order valence-corrected chi connectivity index (χ0v) is 21.3. The van der Waals surface area contributed by atoms with Gasteiger partial charge in [0.2, 0.25) is 15.9 Å². The molecule has 0 spiro atoms. The van der Waals surface area contributed by atoms with Gasteiger partial charge in [0.25, 0.3) is 0 Å². The molecule has 2 aliphatic heterocycles. The van der Waals surface area contributed by atoms with Gasteiger partial charge in [0.05, 0.1) is 22.2 Å². The van der Waals surface area contributed by atoms with E-state index in [-0.39, 0.29) is 16.8 Å². The van der Waals surface area contributed by atoms with Gasteiger partial charge >= 0.3 is 0 Å². The first-order valence-corrected chi connectivity index (χ1v) is 13.9. The lowest BCUT2D eigenvalue weighted by atomic mass is 10.1. The number of piperidine rings is 1. The standard InChI is InChI=1S/C25H28N8O3S/c1-31-15-17(14-28-31)22-13-21-24(29-22)26-16-27-25(21)32-11-8-18(9-12-32)30-37(35,36)20-6-4-19(5-7-20)33-10-2-3-23(33)34/h4-7,13-16,18,30H,2-3,8-12H2,1H3,(H,26,27,29). The number of H-pyrrole nitrogens is 1. The summed E-state index contributed by atoms with van der Waals surface area (Å²) in [6.45, 7) is 2.01. The van der Waals surface area contributed by atoms with Crippen molar-refractivity contribution in [3.63, 3.8) is 0 Å². The van der Waals surface area contributed by atoms with Crippen molar-refractivity contribution >= 4 is 38.5 Å². The van der Waals surface area contributed by atoms with Crippen LogP contribution >= 0.6 is 0 Å². The van der Waals surface area contributed by atoms with E-state index in [9.17, 15) is 13.2 Å². The van der Waals surface area contributed by atoms with Gasteiger partial charge in [-0.15, -0.1) is 0 Å². The minimum atomic E-state index is -3.67. The van der Waals surface area contributed by atoms with Crippen LogP contribution in [-0.2, 0) is 21.9 Å². The number of benzene rings is 1. The molecular weight excluding hydrogens is 492 g/mol. The van der Waals surface area contributed by atoms with Crippen LogP contribution in [0.25, 0.3) is 22.3 Å². The van der Waals surface area contributed by atoms with Crippen LogP contribution in [0.5, 0.6) is 0 Å². The number of aryl methyl sites for hydroxylation is 1. The van der Waals surface area contributed by atoms with Gasteiger partial charge in [-0.2, -0.15) is 5.10 Å². The maximum absolute atomic E-state index is 13.0. The van der Waals surface area contributed by atoms with Gasteiger partial charge in [-0.1, -0.05) is 0 Å². The van der Waals surface area contributed by atoms with Crippen molar-refractivity contribution in [1.29, 1.82) is 0 Å². The van der Waals surface area contributed by atoms with Gasteiger partial charge in [0.1, 0.15) is 17.8 Å². The molecule has 4 aromatic rings. The molecule has 2 saturated heterocycles. The maximum Gasteiger partial charge on any atom is 0.240 e. The van der Waals surface area contributed by atoms with Crippen LogP contribution < -0.4 is 14.5 Å². The third-order valence-corrected chi connectivity index (χ3v) is 8.61. The molecule has 2 fully saturated rings. The summed E-state index contributed by atoms with van der Waals surface area (Å²) < 4.78 is 30.7. The topological polar surface area (TPSA) is 129 Å². The first kappa shape index (κ1) is 23.6. The van der Waals surface area contributed by atoms with Crippen LogP contribution in [0.1, 0.15) is 25.7 Å². The molecule has 37 heavy (non-hydrogen) atoms. The number of fused-ring (bicyclic) bond motifs is 1. The third kappa shape index (κ3) is 4.58. The van der Waals surface area contributed by atoms with Gasteiger partial charge in [-0.25, -0.2) is 23.1 Å². The Morgan fingerprint density at radius 1 is 1.08 bits per heavy atom. The molecule has 192 valence electrons. The summed E-state index contributed by atoms with van der Waals surface area (Å²) in [5.41, 5.74) is 3.39. The molecule has 0 radical (unpaired) electrons. The number of carbonyl (C=O) groups excluding carboxylic acids is 1.